The number of amides is 1. The molecule has 2 rings (SSSR count). The molecule has 18 heavy (non-hydrogen) atoms. The lowest BCUT2D eigenvalue weighted by molar-refractivity contribution is -0.119. The SMILES string of the molecule is Cl.Cl.Cl.NCc1cc(N2CCCCC2=O)ncn1. The first-order chi connectivity index (χ1) is 7.31. The van der Waals surface area contributed by atoms with Crippen molar-refractivity contribution in [3.8, 4) is 0 Å². The minimum Gasteiger partial charge on any atom is -0.325 e. The third-order valence-electron chi connectivity index (χ3n) is 2.52. The summed E-state index contributed by atoms with van der Waals surface area (Å²) < 4.78 is 0. The maximum Gasteiger partial charge on any atom is 0.228 e. The first-order valence-electron chi connectivity index (χ1n) is 5.12. The molecule has 0 aliphatic carbocycles. The van der Waals surface area contributed by atoms with Crippen LogP contribution in [0.5, 0.6) is 0 Å². The maximum atomic E-state index is 11.6. The number of hydrogen-bond acceptors (Lipinski definition) is 4. The average molecular weight is 316 g/mol. The van der Waals surface area contributed by atoms with Crippen molar-refractivity contribution in [3.63, 3.8) is 0 Å². The second kappa shape index (κ2) is 9.33. The van der Waals surface area contributed by atoms with Crippen LogP contribution in [0.1, 0.15) is 25.0 Å². The highest BCUT2D eigenvalue weighted by atomic mass is 35.5. The van der Waals surface area contributed by atoms with E-state index < -0.39 is 0 Å². The van der Waals surface area contributed by atoms with Gasteiger partial charge in [0.25, 0.3) is 0 Å². The Bertz CT molecular complexity index is 378. The number of piperidine rings is 1. The fourth-order valence-corrected chi connectivity index (χ4v) is 1.69. The van der Waals surface area contributed by atoms with Crippen LogP contribution >= 0.6 is 37.2 Å². The minimum atomic E-state index is 0. The molecule has 0 atom stereocenters. The first-order valence-corrected chi connectivity index (χ1v) is 5.12. The number of rotatable bonds is 2. The molecule has 1 saturated heterocycles. The molecular formula is C10H17Cl3N4O. The topological polar surface area (TPSA) is 72.1 Å². The second-order valence-electron chi connectivity index (χ2n) is 3.57. The third kappa shape index (κ3) is 4.57. The van der Waals surface area contributed by atoms with E-state index in [0.717, 1.165) is 25.1 Å². The minimum absolute atomic E-state index is 0. The molecule has 2 N–H and O–H groups in total. The van der Waals surface area contributed by atoms with E-state index in [1.54, 1.807) is 11.0 Å². The van der Waals surface area contributed by atoms with Crippen LogP contribution in [0, 0.1) is 0 Å². The Morgan fingerprint density at radius 2 is 1.94 bits per heavy atom. The van der Waals surface area contributed by atoms with Crippen LogP contribution < -0.4 is 10.6 Å². The molecule has 0 bridgehead atoms. The first kappa shape index (κ1) is 19.7. The van der Waals surface area contributed by atoms with Crippen LogP contribution in [-0.2, 0) is 11.3 Å². The zero-order valence-electron chi connectivity index (χ0n) is 9.74. The Morgan fingerprint density at radius 3 is 2.56 bits per heavy atom. The number of carbonyl (C=O) groups is 1. The summed E-state index contributed by atoms with van der Waals surface area (Å²) >= 11 is 0. The van der Waals surface area contributed by atoms with Crippen molar-refractivity contribution in [1.29, 1.82) is 0 Å². The smallest absolute Gasteiger partial charge is 0.228 e. The van der Waals surface area contributed by atoms with Gasteiger partial charge in [-0.05, 0) is 12.8 Å². The zero-order valence-corrected chi connectivity index (χ0v) is 12.2. The summed E-state index contributed by atoms with van der Waals surface area (Å²) in [7, 11) is 0. The molecule has 104 valence electrons. The fraction of sp³-hybridized carbons (Fsp3) is 0.500. The van der Waals surface area contributed by atoms with Crippen molar-refractivity contribution in [1.82, 2.24) is 9.97 Å². The van der Waals surface area contributed by atoms with E-state index in [0.29, 0.717) is 18.8 Å². The Morgan fingerprint density at radius 1 is 1.22 bits per heavy atom. The number of halogens is 3. The number of carbonyl (C=O) groups excluding carboxylic acids is 1. The number of anilines is 1. The van der Waals surface area contributed by atoms with Gasteiger partial charge in [-0.2, -0.15) is 0 Å². The Labute approximate surface area is 125 Å². The molecule has 0 aromatic carbocycles. The molecule has 8 heteroatoms. The van der Waals surface area contributed by atoms with Gasteiger partial charge in [0.2, 0.25) is 5.91 Å². The van der Waals surface area contributed by atoms with E-state index in [1.165, 1.54) is 6.33 Å². The monoisotopic (exact) mass is 314 g/mol. The normalized spacial score (nSPS) is 14.1. The molecule has 5 nitrogen and oxygen atoms in total. The van der Waals surface area contributed by atoms with Crippen molar-refractivity contribution in [2.45, 2.75) is 25.8 Å². The molecule has 1 aliphatic rings. The van der Waals surface area contributed by atoms with E-state index in [2.05, 4.69) is 9.97 Å². The van der Waals surface area contributed by atoms with E-state index in [9.17, 15) is 4.79 Å². The number of aromatic nitrogens is 2. The molecule has 0 saturated carbocycles. The summed E-state index contributed by atoms with van der Waals surface area (Å²) in [6.45, 7) is 1.12. The summed E-state index contributed by atoms with van der Waals surface area (Å²) in [5.74, 6) is 0.818. The van der Waals surface area contributed by atoms with Gasteiger partial charge < -0.3 is 5.73 Å². The molecule has 1 fully saturated rings. The van der Waals surface area contributed by atoms with Crippen molar-refractivity contribution in [2.75, 3.05) is 11.4 Å². The second-order valence-corrected chi connectivity index (χ2v) is 3.57. The van der Waals surface area contributed by atoms with E-state index in [4.69, 9.17) is 5.73 Å². The van der Waals surface area contributed by atoms with Gasteiger partial charge in [0, 0.05) is 25.6 Å². The lowest BCUT2D eigenvalue weighted by Gasteiger charge is -2.25. The highest BCUT2D eigenvalue weighted by molar-refractivity contribution is 5.93. The Hall–Kier alpha value is -0.620. The standard InChI is InChI=1S/C10H14N4O.3ClH/c11-6-8-5-9(13-7-12-8)14-4-2-1-3-10(14)15;;;/h5,7H,1-4,6,11H2;3*1H. The zero-order chi connectivity index (χ0) is 10.7. The lowest BCUT2D eigenvalue weighted by Crippen LogP contribution is -2.35. The van der Waals surface area contributed by atoms with Crippen molar-refractivity contribution < 1.29 is 4.79 Å². The van der Waals surface area contributed by atoms with Gasteiger partial charge >= 0.3 is 0 Å². The maximum absolute atomic E-state index is 11.6. The quantitative estimate of drug-likeness (QED) is 0.902. The van der Waals surface area contributed by atoms with Gasteiger partial charge in [-0.1, -0.05) is 0 Å². The van der Waals surface area contributed by atoms with Crippen molar-refractivity contribution in [3.05, 3.63) is 18.1 Å². The van der Waals surface area contributed by atoms with Crippen LogP contribution in [0.3, 0.4) is 0 Å². The van der Waals surface area contributed by atoms with Gasteiger partial charge in [-0.3, -0.25) is 9.69 Å². The van der Waals surface area contributed by atoms with Crippen LogP contribution in [0.4, 0.5) is 5.82 Å². The van der Waals surface area contributed by atoms with Crippen LogP contribution in [-0.4, -0.2) is 22.4 Å². The van der Waals surface area contributed by atoms with E-state index >= 15 is 0 Å². The van der Waals surface area contributed by atoms with Gasteiger partial charge in [0.1, 0.15) is 12.1 Å². The lowest BCUT2D eigenvalue weighted by atomic mass is 10.1. The summed E-state index contributed by atoms with van der Waals surface area (Å²) in [4.78, 5) is 21.4. The van der Waals surface area contributed by atoms with E-state index in [1.807, 2.05) is 0 Å². The third-order valence-corrected chi connectivity index (χ3v) is 2.52. The Kier molecular flexibility index (Phi) is 10.2. The predicted molar refractivity (Wildman–Crippen MR) is 77.9 cm³/mol. The number of nitrogens with two attached hydrogens (primary N) is 1. The fourth-order valence-electron chi connectivity index (χ4n) is 1.69. The summed E-state index contributed by atoms with van der Waals surface area (Å²) in [6.07, 6.45) is 4.08. The molecule has 1 aliphatic heterocycles. The average Bonchev–Trinajstić information content (AvgIpc) is 2.30. The van der Waals surface area contributed by atoms with Crippen LogP contribution in [0.25, 0.3) is 0 Å². The molecule has 1 amide bonds. The Balaban J connectivity index is 0. The molecule has 2 heterocycles. The van der Waals surface area contributed by atoms with Gasteiger partial charge in [-0.15, -0.1) is 37.2 Å². The predicted octanol–water partition coefficient (Wildman–Crippen LogP) is 1.72. The molecule has 0 unspecified atom stereocenters. The molecule has 0 radical (unpaired) electrons. The molecule has 0 spiro atoms. The highest BCUT2D eigenvalue weighted by Gasteiger charge is 2.20. The molecule has 1 aromatic rings. The number of nitrogens with zero attached hydrogens (tertiary/aromatic N) is 3. The van der Waals surface area contributed by atoms with Gasteiger partial charge in [0.15, 0.2) is 0 Å². The van der Waals surface area contributed by atoms with Crippen molar-refractivity contribution >= 4 is 48.9 Å². The number of hydrogen-bond donors (Lipinski definition) is 1. The van der Waals surface area contributed by atoms with E-state index in [-0.39, 0.29) is 43.1 Å². The van der Waals surface area contributed by atoms with Gasteiger partial charge in [-0.25, -0.2) is 9.97 Å². The van der Waals surface area contributed by atoms with Gasteiger partial charge in [0.05, 0.1) is 5.69 Å². The largest absolute Gasteiger partial charge is 0.325 e. The van der Waals surface area contributed by atoms with Crippen LogP contribution in [0.15, 0.2) is 12.4 Å². The summed E-state index contributed by atoms with van der Waals surface area (Å²) in [5.41, 5.74) is 6.25. The van der Waals surface area contributed by atoms with Crippen LogP contribution in [0.2, 0.25) is 0 Å². The molecule has 1 aromatic heterocycles. The summed E-state index contributed by atoms with van der Waals surface area (Å²) in [5, 5.41) is 0. The summed E-state index contributed by atoms with van der Waals surface area (Å²) in [6, 6.07) is 1.78. The molecular weight excluding hydrogens is 298 g/mol. The highest BCUT2D eigenvalue weighted by Crippen LogP contribution is 2.18. The van der Waals surface area contributed by atoms with Crippen molar-refractivity contribution in [2.24, 2.45) is 5.73 Å².